The molecule has 1 N–H and O–H groups in total. The summed E-state index contributed by atoms with van der Waals surface area (Å²) in [6.07, 6.45) is 7.66. The van der Waals surface area contributed by atoms with Crippen molar-refractivity contribution in [2.45, 2.75) is 0 Å². The maximum atomic E-state index is 7.74. The lowest BCUT2D eigenvalue weighted by Crippen LogP contribution is -2.08. The van der Waals surface area contributed by atoms with Crippen molar-refractivity contribution >= 4 is 17.0 Å². The van der Waals surface area contributed by atoms with Crippen molar-refractivity contribution in [3.8, 4) is 5.75 Å². The van der Waals surface area contributed by atoms with Gasteiger partial charge < -0.3 is 15.0 Å². The summed E-state index contributed by atoms with van der Waals surface area (Å²) < 4.78 is 5.28. The van der Waals surface area contributed by atoms with E-state index in [-0.39, 0.29) is 0 Å². The van der Waals surface area contributed by atoms with Crippen LogP contribution in [0.15, 0.2) is 78.4 Å². The van der Waals surface area contributed by atoms with Crippen LogP contribution in [-0.2, 0) is 0 Å². The van der Waals surface area contributed by atoms with E-state index in [4.69, 9.17) is 10.1 Å². The van der Waals surface area contributed by atoms with Crippen LogP contribution in [0.25, 0.3) is 5.57 Å². The van der Waals surface area contributed by atoms with Crippen LogP contribution < -0.4 is 9.64 Å². The molecule has 25 heavy (non-hydrogen) atoms. The molecule has 0 amide bonds. The van der Waals surface area contributed by atoms with E-state index >= 15 is 0 Å². The van der Waals surface area contributed by atoms with E-state index < -0.39 is 0 Å². The molecule has 0 unspecified atom stereocenters. The molecule has 0 saturated heterocycles. The van der Waals surface area contributed by atoms with Crippen LogP contribution in [0.2, 0.25) is 0 Å². The first-order valence-corrected chi connectivity index (χ1v) is 8.19. The highest BCUT2D eigenvalue weighted by molar-refractivity contribution is 6.05. The minimum Gasteiger partial charge on any atom is -0.497 e. The third-order valence-electron chi connectivity index (χ3n) is 4.22. The fourth-order valence-electron chi connectivity index (χ4n) is 2.82. The minimum absolute atomic E-state index is 0.515. The van der Waals surface area contributed by atoms with Gasteiger partial charge in [-0.05, 0) is 58.7 Å². The molecule has 0 aliphatic heterocycles. The maximum absolute atomic E-state index is 7.74. The number of nitrogens with zero attached hydrogens (tertiary/aromatic N) is 1. The van der Waals surface area contributed by atoms with Crippen LogP contribution in [0.5, 0.6) is 5.75 Å². The van der Waals surface area contributed by atoms with Crippen molar-refractivity contribution in [2.75, 3.05) is 26.1 Å². The predicted molar refractivity (Wildman–Crippen MR) is 106 cm³/mol. The van der Waals surface area contributed by atoms with Crippen LogP contribution in [0, 0.1) is 5.41 Å². The molecule has 126 valence electrons. The van der Waals surface area contributed by atoms with Crippen LogP contribution >= 0.6 is 0 Å². The highest BCUT2D eigenvalue weighted by Crippen LogP contribution is 2.31. The average Bonchev–Trinajstić information content (AvgIpc) is 2.64. The molecule has 0 bridgehead atoms. The summed E-state index contributed by atoms with van der Waals surface area (Å²) in [6.45, 7) is 0. The topological polar surface area (TPSA) is 36.3 Å². The third kappa shape index (κ3) is 3.72. The third-order valence-corrected chi connectivity index (χ3v) is 4.22. The molecule has 0 aromatic heterocycles. The van der Waals surface area contributed by atoms with Gasteiger partial charge in [0.2, 0.25) is 0 Å². The molecule has 3 nitrogen and oxygen atoms in total. The first kappa shape index (κ1) is 16.8. The van der Waals surface area contributed by atoms with Gasteiger partial charge in [-0.15, -0.1) is 0 Å². The van der Waals surface area contributed by atoms with Crippen molar-refractivity contribution in [3.63, 3.8) is 0 Å². The number of anilines is 1. The number of hydrogen-bond acceptors (Lipinski definition) is 3. The Bertz CT molecular complexity index is 836. The minimum atomic E-state index is 0.515. The van der Waals surface area contributed by atoms with Gasteiger partial charge in [0.25, 0.3) is 0 Å². The molecule has 3 rings (SSSR count). The summed E-state index contributed by atoms with van der Waals surface area (Å²) in [6, 6.07) is 16.6. The van der Waals surface area contributed by atoms with Crippen molar-refractivity contribution < 1.29 is 4.74 Å². The van der Waals surface area contributed by atoms with Gasteiger partial charge >= 0.3 is 0 Å². The quantitative estimate of drug-likeness (QED) is 0.881. The molecule has 2 aromatic rings. The zero-order valence-electron chi connectivity index (χ0n) is 14.8. The summed E-state index contributed by atoms with van der Waals surface area (Å²) in [7, 11) is 5.75. The van der Waals surface area contributed by atoms with E-state index in [1.54, 1.807) is 7.11 Å². The monoisotopic (exact) mass is 330 g/mol. The zero-order chi connectivity index (χ0) is 17.8. The lowest BCUT2D eigenvalue weighted by Gasteiger charge is -2.17. The van der Waals surface area contributed by atoms with Crippen molar-refractivity contribution in [3.05, 3.63) is 89.5 Å². The van der Waals surface area contributed by atoms with Gasteiger partial charge in [-0.25, -0.2) is 0 Å². The standard InChI is InChI=1S/C22H22N2O/c1-24(2)20-12-6-17(7-13-20)22(16-4-10-19(23)11-5-16)18-8-14-21(25-3)15-9-18/h4-15,23H,1-3H3. The summed E-state index contributed by atoms with van der Waals surface area (Å²) >= 11 is 0. The number of ether oxygens (including phenoxy) is 1. The molecule has 0 spiro atoms. The predicted octanol–water partition coefficient (Wildman–Crippen LogP) is 4.71. The number of allylic oxidation sites excluding steroid dienone is 5. The van der Waals surface area contributed by atoms with Gasteiger partial charge in [0.15, 0.2) is 0 Å². The average molecular weight is 330 g/mol. The van der Waals surface area contributed by atoms with Crippen LogP contribution in [0.3, 0.4) is 0 Å². The van der Waals surface area contributed by atoms with E-state index in [0.29, 0.717) is 5.71 Å². The summed E-state index contributed by atoms with van der Waals surface area (Å²) in [5.41, 5.74) is 6.19. The Morgan fingerprint density at radius 2 is 1.32 bits per heavy atom. The molecular weight excluding hydrogens is 308 g/mol. The van der Waals surface area contributed by atoms with Gasteiger partial charge in [-0.3, -0.25) is 0 Å². The first-order valence-electron chi connectivity index (χ1n) is 8.19. The second-order valence-corrected chi connectivity index (χ2v) is 6.12. The van der Waals surface area contributed by atoms with E-state index in [1.165, 1.54) is 5.69 Å². The smallest absolute Gasteiger partial charge is 0.118 e. The molecular formula is C22H22N2O. The van der Waals surface area contributed by atoms with Crippen molar-refractivity contribution in [1.82, 2.24) is 0 Å². The molecule has 0 heterocycles. The van der Waals surface area contributed by atoms with Crippen molar-refractivity contribution in [1.29, 1.82) is 5.41 Å². The SMILES string of the molecule is COc1ccc(C(=C2C=CC(=N)C=C2)c2ccc(N(C)C)cc2)cc1. The number of benzene rings is 2. The number of hydrogen-bond donors (Lipinski definition) is 1. The molecule has 0 radical (unpaired) electrons. The molecule has 1 aliphatic rings. The molecule has 2 aromatic carbocycles. The summed E-state index contributed by atoms with van der Waals surface area (Å²) in [5, 5.41) is 7.74. The van der Waals surface area contributed by atoms with Gasteiger partial charge in [0.05, 0.1) is 12.8 Å². The van der Waals surface area contributed by atoms with Gasteiger partial charge in [0.1, 0.15) is 5.75 Å². The normalized spacial score (nSPS) is 13.1. The summed E-state index contributed by atoms with van der Waals surface area (Å²) in [4.78, 5) is 2.09. The Morgan fingerprint density at radius 1 is 0.800 bits per heavy atom. The Hall–Kier alpha value is -3.07. The molecule has 0 saturated carbocycles. The number of methoxy groups -OCH3 is 1. The van der Waals surface area contributed by atoms with Crippen LogP contribution in [-0.4, -0.2) is 26.9 Å². The Morgan fingerprint density at radius 3 is 1.80 bits per heavy atom. The second-order valence-electron chi connectivity index (χ2n) is 6.12. The number of rotatable bonds is 4. The van der Waals surface area contributed by atoms with E-state index in [0.717, 1.165) is 28.0 Å². The zero-order valence-corrected chi connectivity index (χ0v) is 14.8. The molecule has 1 aliphatic carbocycles. The van der Waals surface area contributed by atoms with E-state index in [2.05, 4.69) is 41.3 Å². The highest BCUT2D eigenvalue weighted by Gasteiger charge is 2.11. The van der Waals surface area contributed by atoms with Gasteiger partial charge in [-0.2, -0.15) is 0 Å². The fraction of sp³-hybridized carbons (Fsp3) is 0.136. The summed E-state index contributed by atoms with van der Waals surface area (Å²) in [5.74, 6) is 0.840. The Kier molecular flexibility index (Phi) is 4.85. The Labute approximate surface area is 149 Å². The van der Waals surface area contributed by atoms with Crippen LogP contribution in [0.4, 0.5) is 5.69 Å². The fourth-order valence-corrected chi connectivity index (χ4v) is 2.82. The van der Waals surface area contributed by atoms with Gasteiger partial charge in [-0.1, -0.05) is 36.4 Å². The molecule has 0 atom stereocenters. The lowest BCUT2D eigenvalue weighted by atomic mass is 9.90. The van der Waals surface area contributed by atoms with Gasteiger partial charge in [0, 0.05) is 19.8 Å². The van der Waals surface area contributed by atoms with E-state index in [1.807, 2.05) is 50.5 Å². The maximum Gasteiger partial charge on any atom is 0.118 e. The van der Waals surface area contributed by atoms with Crippen molar-refractivity contribution in [2.24, 2.45) is 0 Å². The Balaban J connectivity index is 2.12. The number of nitrogens with one attached hydrogen (secondary N) is 1. The second kappa shape index (κ2) is 7.22. The first-order chi connectivity index (χ1) is 12.1. The molecule has 3 heteroatoms. The van der Waals surface area contributed by atoms with E-state index in [9.17, 15) is 0 Å². The molecule has 0 fully saturated rings. The highest BCUT2D eigenvalue weighted by atomic mass is 16.5. The largest absolute Gasteiger partial charge is 0.497 e. The van der Waals surface area contributed by atoms with Crippen LogP contribution in [0.1, 0.15) is 11.1 Å². The lowest BCUT2D eigenvalue weighted by molar-refractivity contribution is 0.415.